The van der Waals surface area contributed by atoms with E-state index in [1.807, 2.05) is 18.2 Å². The SMILES string of the molecule is O=C(COc1ccccc1)NCCS(=O)(=O)N1CCCC1. The van der Waals surface area contributed by atoms with Gasteiger partial charge in [0.05, 0.1) is 5.75 Å². The summed E-state index contributed by atoms with van der Waals surface area (Å²) in [5, 5.41) is 2.56. The minimum Gasteiger partial charge on any atom is -0.484 e. The fourth-order valence-corrected chi connectivity index (χ4v) is 3.56. The summed E-state index contributed by atoms with van der Waals surface area (Å²) in [5.41, 5.74) is 0. The summed E-state index contributed by atoms with van der Waals surface area (Å²) in [4.78, 5) is 11.6. The van der Waals surface area contributed by atoms with Crippen molar-refractivity contribution in [3.8, 4) is 5.75 Å². The highest BCUT2D eigenvalue weighted by molar-refractivity contribution is 7.89. The predicted molar refractivity (Wildman–Crippen MR) is 79.5 cm³/mol. The molecule has 0 aromatic heterocycles. The maximum atomic E-state index is 11.9. The van der Waals surface area contributed by atoms with Gasteiger partial charge in [-0.05, 0) is 25.0 Å². The molecule has 1 fully saturated rings. The van der Waals surface area contributed by atoms with Crippen LogP contribution in [0, 0.1) is 0 Å². The Morgan fingerprint density at radius 1 is 1.19 bits per heavy atom. The molecule has 0 radical (unpaired) electrons. The van der Waals surface area contributed by atoms with Crippen molar-refractivity contribution in [1.29, 1.82) is 0 Å². The van der Waals surface area contributed by atoms with Crippen LogP contribution in [-0.2, 0) is 14.8 Å². The average Bonchev–Trinajstić information content (AvgIpc) is 3.01. The zero-order valence-corrected chi connectivity index (χ0v) is 12.6. The number of carbonyl (C=O) groups excluding carboxylic acids is 1. The van der Waals surface area contributed by atoms with E-state index >= 15 is 0 Å². The third-order valence-electron chi connectivity index (χ3n) is 3.25. The Balaban J connectivity index is 1.67. The number of benzene rings is 1. The standard InChI is InChI=1S/C14H20N2O4S/c17-14(12-20-13-6-2-1-3-7-13)15-8-11-21(18,19)16-9-4-5-10-16/h1-3,6-7H,4-5,8-12H2,(H,15,17). The predicted octanol–water partition coefficient (Wildman–Crippen LogP) is 0.607. The Hall–Kier alpha value is -1.60. The summed E-state index contributed by atoms with van der Waals surface area (Å²) >= 11 is 0. The first-order chi connectivity index (χ1) is 10.1. The van der Waals surface area contributed by atoms with Crippen LogP contribution in [0.15, 0.2) is 30.3 Å². The molecule has 116 valence electrons. The Morgan fingerprint density at radius 3 is 2.52 bits per heavy atom. The van der Waals surface area contributed by atoms with E-state index in [2.05, 4.69) is 5.32 Å². The van der Waals surface area contributed by atoms with Crippen molar-refractivity contribution in [1.82, 2.24) is 9.62 Å². The molecular formula is C14H20N2O4S. The summed E-state index contributed by atoms with van der Waals surface area (Å²) in [6.45, 7) is 1.17. The monoisotopic (exact) mass is 312 g/mol. The van der Waals surface area contributed by atoms with E-state index in [1.165, 1.54) is 4.31 Å². The summed E-state index contributed by atoms with van der Waals surface area (Å²) in [6.07, 6.45) is 1.83. The molecule has 21 heavy (non-hydrogen) atoms. The highest BCUT2D eigenvalue weighted by Gasteiger charge is 2.24. The molecule has 1 aliphatic rings. The second kappa shape index (κ2) is 7.42. The highest BCUT2D eigenvalue weighted by atomic mass is 32.2. The molecule has 7 heteroatoms. The van der Waals surface area contributed by atoms with E-state index in [0.29, 0.717) is 18.8 Å². The molecule has 2 rings (SSSR count). The fourth-order valence-electron chi connectivity index (χ4n) is 2.13. The van der Waals surface area contributed by atoms with Crippen LogP contribution < -0.4 is 10.1 Å². The largest absolute Gasteiger partial charge is 0.484 e. The van der Waals surface area contributed by atoms with E-state index < -0.39 is 10.0 Å². The lowest BCUT2D eigenvalue weighted by molar-refractivity contribution is -0.122. The maximum absolute atomic E-state index is 11.9. The third-order valence-corrected chi connectivity index (χ3v) is 5.13. The number of para-hydroxylation sites is 1. The van der Waals surface area contributed by atoms with Crippen LogP contribution in [0.3, 0.4) is 0 Å². The van der Waals surface area contributed by atoms with E-state index in [1.54, 1.807) is 12.1 Å². The molecule has 6 nitrogen and oxygen atoms in total. The number of carbonyl (C=O) groups is 1. The topological polar surface area (TPSA) is 75.7 Å². The van der Waals surface area contributed by atoms with E-state index in [4.69, 9.17) is 4.74 Å². The van der Waals surface area contributed by atoms with Crippen LogP contribution in [-0.4, -0.2) is 50.6 Å². The number of nitrogens with one attached hydrogen (secondary N) is 1. The number of sulfonamides is 1. The lowest BCUT2D eigenvalue weighted by Crippen LogP contribution is -2.37. The van der Waals surface area contributed by atoms with Crippen molar-refractivity contribution in [2.24, 2.45) is 0 Å². The molecule has 1 amide bonds. The highest BCUT2D eigenvalue weighted by Crippen LogP contribution is 2.12. The number of ether oxygens (including phenoxy) is 1. The molecule has 1 N–H and O–H groups in total. The van der Waals surface area contributed by atoms with Gasteiger partial charge in [0.25, 0.3) is 5.91 Å². The van der Waals surface area contributed by atoms with Gasteiger partial charge in [0.2, 0.25) is 10.0 Å². The lowest BCUT2D eigenvalue weighted by Gasteiger charge is -2.15. The van der Waals surface area contributed by atoms with Crippen molar-refractivity contribution >= 4 is 15.9 Å². The number of rotatable bonds is 7. The molecule has 0 bridgehead atoms. The Labute approximate surface area is 125 Å². The maximum Gasteiger partial charge on any atom is 0.257 e. The van der Waals surface area contributed by atoms with Gasteiger partial charge in [0.1, 0.15) is 5.75 Å². The average molecular weight is 312 g/mol. The lowest BCUT2D eigenvalue weighted by atomic mass is 10.3. The first-order valence-electron chi connectivity index (χ1n) is 7.00. The van der Waals surface area contributed by atoms with E-state index in [-0.39, 0.29) is 24.8 Å². The minimum atomic E-state index is -3.24. The Bertz CT molecular complexity index is 554. The molecule has 0 saturated carbocycles. The molecule has 0 atom stereocenters. The fraction of sp³-hybridized carbons (Fsp3) is 0.500. The van der Waals surface area contributed by atoms with Gasteiger partial charge in [0.15, 0.2) is 6.61 Å². The quantitative estimate of drug-likeness (QED) is 0.800. The van der Waals surface area contributed by atoms with Crippen LogP contribution in [0.25, 0.3) is 0 Å². The molecule has 0 aliphatic carbocycles. The normalized spacial score (nSPS) is 15.8. The summed E-state index contributed by atoms with van der Waals surface area (Å²) in [5.74, 6) is 0.220. The van der Waals surface area contributed by atoms with Crippen molar-refractivity contribution in [3.05, 3.63) is 30.3 Å². The van der Waals surface area contributed by atoms with Gasteiger partial charge < -0.3 is 10.1 Å². The van der Waals surface area contributed by atoms with Crippen LogP contribution in [0.1, 0.15) is 12.8 Å². The van der Waals surface area contributed by atoms with Crippen LogP contribution in [0.2, 0.25) is 0 Å². The summed E-state index contributed by atoms with van der Waals surface area (Å²) in [7, 11) is -3.24. The molecule has 0 spiro atoms. The first-order valence-corrected chi connectivity index (χ1v) is 8.61. The van der Waals surface area contributed by atoms with Gasteiger partial charge in [0, 0.05) is 19.6 Å². The molecule has 1 saturated heterocycles. The van der Waals surface area contributed by atoms with Crippen molar-refractivity contribution in [2.45, 2.75) is 12.8 Å². The third kappa shape index (κ3) is 5.02. The van der Waals surface area contributed by atoms with Crippen LogP contribution in [0.4, 0.5) is 0 Å². The zero-order valence-electron chi connectivity index (χ0n) is 11.8. The van der Waals surface area contributed by atoms with E-state index in [9.17, 15) is 13.2 Å². The van der Waals surface area contributed by atoms with Crippen molar-refractivity contribution in [3.63, 3.8) is 0 Å². The number of hydrogen-bond acceptors (Lipinski definition) is 4. The number of amides is 1. The molecular weight excluding hydrogens is 292 g/mol. The van der Waals surface area contributed by atoms with Crippen LogP contribution >= 0.6 is 0 Å². The second-order valence-corrected chi connectivity index (χ2v) is 6.96. The summed E-state index contributed by atoms with van der Waals surface area (Å²) < 4.78 is 30.6. The van der Waals surface area contributed by atoms with Crippen molar-refractivity contribution in [2.75, 3.05) is 32.0 Å². The molecule has 0 unspecified atom stereocenters. The van der Waals surface area contributed by atoms with Gasteiger partial charge in [-0.15, -0.1) is 0 Å². The van der Waals surface area contributed by atoms with Crippen LogP contribution in [0.5, 0.6) is 5.75 Å². The van der Waals surface area contributed by atoms with E-state index in [0.717, 1.165) is 12.8 Å². The van der Waals surface area contributed by atoms with Gasteiger partial charge in [-0.2, -0.15) is 0 Å². The smallest absolute Gasteiger partial charge is 0.257 e. The van der Waals surface area contributed by atoms with Gasteiger partial charge in [-0.3, -0.25) is 4.79 Å². The number of hydrogen-bond donors (Lipinski definition) is 1. The van der Waals surface area contributed by atoms with Gasteiger partial charge in [-0.1, -0.05) is 18.2 Å². The molecule has 1 aromatic carbocycles. The van der Waals surface area contributed by atoms with Gasteiger partial charge >= 0.3 is 0 Å². The second-order valence-electron chi connectivity index (χ2n) is 4.87. The zero-order chi connectivity index (χ0) is 15.1. The first kappa shape index (κ1) is 15.8. The Kier molecular flexibility index (Phi) is 5.58. The molecule has 1 aliphatic heterocycles. The summed E-state index contributed by atoms with van der Waals surface area (Å²) in [6, 6.07) is 9.00. The molecule has 1 heterocycles. The van der Waals surface area contributed by atoms with Gasteiger partial charge in [-0.25, -0.2) is 12.7 Å². The minimum absolute atomic E-state index is 0.0654. The Morgan fingerprint density at radius 2 is 1.86 bits per heavy atom. The number of nitrogens with zero attached hydrogens (tertiary/aromatic N) is 1. The van der Waals surface area contributed by atoms with Crippen molar-refractivity contribution < 1.29 is 17.9 Å². The molecule has 1 aromatic rings.